The van der Waals surface area contributed by atoms with Crippen LogP contribution in [0, 0.1) is 5.92 Å². The summed E-state index contributed by atoms with van der Waals surface area (Å²) < 4.78 is 27.4. The highest BCUT2D eigenvalue weighted by atomic mass is 32.2. The number of benzene rings is 2. The summed E-state index contributed by atoms with van der Waals surface area (Å²) in [7, 11) is -3.49. The molecule has 5 heteroatoms. The van der Waals surface area contributed by atoms with Crippen molar-refractivity contribution in [1.82, 2.24) is 4.31 Å². The molecule has 0 saturated carbocycles. The Labute approximate surface area is 125 Å². The molecule has 112 valence electrons. The second-order valence-electron chi connectivity index (χ2n) is 5.77. The van der Waals surface area contributed by atoms with Crippen LogP contribution in [0.1, 0.15) is 13.3 Å². The Morgan fingerprint density at radius 1 is 1.14 bits per heavy atom. The summed E-state index contributed by atoms with van der Waals surface area (Å²) >= 11 is 0. The van der Waals surface area contributed by atoms with Gasteiger partial charge in [-0.2, -0.15) is 4.31 Å². The Hall–Kier alpha value is -1.43. The first-order valence-corrected chi connectivity index (χ1v) is 8.67. The summed E-state index contributed by atoms with van der Waals surface area (Å²) in [4.78, 5) is 0.377. The quantitative estimate of drug-likeness (QED) is 0.925. The highest BCUT2D eigenvalue weighted by Crippen LogP contribution is 2.28. The van der Waals surface area contributed by atoms with Gasteiger partial charge in [-0.05, 0) is 23.8 Å². The Bertz CT molecular complexity index is 752. The van der Waals surface area contributed by atoms with E-state index in [1.54, 1.807) is 12.1 Å². The topological polar surface area (TPSA) is 63.4 Å². The van der Waals surface area contributed by atoms with Gasteiger partial charge >= 0.3 is 0 Å². The monoisotopic (exact) mass is 304 g/mol. The number of rotatable bonds is 2. The van der Waals surface area contributed by atoms with Gasteiger partial charge in [0.05, 0.1) is 4.90 Å². The van der Waals surface area contributed by atoms with E-state index in [0.29, 0.717) is 23.9 Å². The van der Waals surface area contributed by atoms with Crippen LogP contribution in [-0.4, -0.2) is 31.9 Å². The molecule has 2 N–H and O–H groups in total. The maximum absolute atomic E-state index is 12.9. The number of fused-ring (bicyclic) bond motifs is 1. The van der Waals surface area contributed by atoms with Crippen molar-refractivity contribution in [2.45, 2.75) is 24.3 Å². The van der Waals surface area contributed by atoms with Crippen molar-refractivity contribution in [3.63, 3.8) is 0 Å². The Morgan fingerprint density at radius 3 is 2.62 bits per heavy atom. The van der Waals surface area contributed by atoms with Gasteiger partial charge in [-0.1, -0.05) is 43.3 Å². The van der Waals surface area contributed by atoms with Gasteiger partial charge in [0.25, 0.3) is 0 Å². The Kier molecular flexibility index (Phi) is 3.73. The smallest absolute Gasteiger partial charge is 0.243 e. The first-order chi connectivity index (χ1) is 10.00. The standard InChI is InChI=1S/C16H20N2O2S/c1-12-9-10-18(11-15(12)17)21(19,20)16-8-4-6-13-5-2-3-7-14(13)16/h2-8,12,15H,9-11,17H2,1H3. The highest BCUT2D eigenvalue weighted by molar-refractivity contribution is 7.89. The van der Waals surface area contributed by atoms with Crippen LogP contribution >= 0.6 is 0 Å². The molecule has 2 unspecified atom stereocenters. The number of hydrogen-bond acceptors (Lipinski definition) is 3. The van der Waals surface area contributed by atoms with Crippen molar-refractivity contribution in [2.75, 3.05) is 13.1 Å². The number of nitrogens with two attached hydrogens (primary N) is 1. The van der Waals surface area contributed by atoms with Gasteiger partial charge < -0.3 is 5.73 Å². The predicted molar refractivity (Wildman–Crippen MR) is 84.5 cm³/mol. The minimum absolute atomic E-state index is 0.0940. The van der Waals surface area contributed by atoms with Gasteiger partial charge in [0.2, 0.25) is 10.0 Å². The van der Waals surface area contributed by atoms with E-state index in [1.807, 2.05) is 30.3 Å². The maximum Gasteiger partial charge on any atom is 0.243 e. The molecule has 1 heterocycles. The second kappa shape index (κ2) is 5.40. The second-order valence-corrected chi connectivity index (χ2v) is 7.68. The SMILES string of the molecule is CC1CCN(S(=O)(=O)c2cccc3ccccc23)CC1N. The first-order valence-electron chi connectivity index (χ1n) is 7.23. The molecule has 21 heavy (non-hydrogen) atoms. The maximum atomic E-state index is 12.9. The Morgan fingerprint density at radius 2 is 1.86 bits per heavy atom. The fourth-order valence-corrected chi connectivity index (χ4v) is 4.55. The molecule has 1 aliphatic heterocycles. The van der Waals surface area contributed by atoms with E-state index in [4.69, 9.17) is 5.73 Å². The highest BCUT2D eigenvalue weighted by Gasteiger charge is 2.32. The lowest BCUT2D eigenvalue weighted by Crippen LogP contribution is -2.49. The van der Waals surface area contributed by atoms with Crippen molar-refractivity contribution in [1.29, 1.82) is 0 Å². The van der Waals surface area contributed by atoms with Gasteiger partial charge in [0.1, 0.15) is 0 Å². The molecule has 0 radical (unpaired) electrons. The summed E-state index contributed by atoms with van der Waals surface area (Å²) in [6.45, 7) is 3.01. The van der Waals surface area contributed by atoms with E-state index in [0.717, 1.165) is 17.2 Å². The van der Waals surface area contributed by atoms with E-state index >= 15 is 0 Å². The lowest BCUT2D eigenvalue weighted by Gasteiger charge is -2.34. The van der Waals surface area contributed by atoms with Crippen LogP contribution in [0.4, 0.5) is 0 Å². The minimum atomic E-state index is -3.49. The zero-order valence-corrected chi connectivity index (χ0v) is 12.9. The Balaban J connectivity index is 2.05. The molecule has 0 amide bonds. The van der Waals surface area contributed by atoms with Crippen molar-refractivity contribution < 1.29 is 8.42 Å². The van der Waals surface area contributed by atoms with Gasteiger partial charge in [-0.25, -0.2) is 8.42 Å². The number of hydrogen-bond donors (Lipinski definition) is 1. The van der Waals surface area contributed by atoms with Crippen LogP contribution in [0.2, 0.25) is 0 Å². The van der Waals surface area contributed by atoms with Crippen LogP contribution in [0.25, 0.3) is 10.8 Å². The molecule has 4 nitrogen and oxygen atoms in total. The zero-order valence-electron chi connectivity index (χ0n) is 12.1. The average molecular weight is 304 g/mol. The third-order valence-corrected chi connectivity index (χ3v) is 6.27. The molecular formula is C16H20N2O2S. The first kappa shape index (κ1) is 14.5. The molecule has 0 spiro atoms. The summed E-state index contributed by atoms with van der Waals surface area (Å²) in [6, 6.07) is 12.9. The van der Waals surface area contributed by atoms with Gasteiger partial charge in [0, 0.05) is 24.5 Å². The number of nitrogens with zero attached hydrogens (tertiary/aromatic N) is 1. The molecule has 0 aromatic heterocycles. The molecule has 0 aliphatic carbocycles. The largest absolute Gasteiger partial charge is 0.326 e. The van der Waals surface area contributed by atoms with E-state index in [-0.39, 0.29) is 6.04 Å². The van der Waals surface area contributed by atoms with Gasteiger partial charge in [-0.15, -0.1) is 0 Å². The predicted octanol–water partition coefficient (Wildman–Crippen LogP) is 2.20. The van der Waals surface area contributed by atoms with Crippen LogP contribution in [0.5, 0.6) is 0 Å². The van der Waals surface area contributed by atoms with E-state index in [2.05, 4.69) is 6.92 Å². The zero-order chi connectivity index (χ0) is 15.0. The average Bonchev–Trinajstić information content (AvgIpc) is 2.49. The normalized spacial score (nSPS) is 24.3. The summed E-state index contributed by atoms with van der Waals surface area (Å²) in [5, 5.41) is 1.71. The van der Waals surface area contributed by atoms with Crippen molar-refractivity contribution in [2.24, 2.45) is 11.7 Å². The summed E-state index contributed by atoms with van der Waals surface area (Å²) in [5.41, 5.74) is 6.05. The molecular weight excluding hydrogens is 284 g/mol. The molecule has 2 atom stereocenters. The van der Waals surface area contributed by atoms with Crippen LogP contribution < -0.4 is 5.73 Å². The molecule has 3 rings (SSSR count). The van der Waals surface area contributed by atoms with E-state index in [1.165, 1.54) is 4.31 Å². The molecule has 2 aromatic carbocycles. The molecule has 1 saturated heterocycles. The van der Waals surface area contributed by atoms with Gasteiger partial charge in [-0.3, -0.25) is 0 Å². The van der Waals surface area contributed by atoms with Crippen LogP contribution in [0.3, 0.4) is 0 Å². The third-order valence-electron chi connectivity index (χ3n) is 4.35. The van der Waals surface area contributed by atoms with Crippen molar-refractivity contribution in [3.05, 3.63) is 42.5 Å². The van der Waals surface area contributed by atoms with E-state index in [9.17, 15) is 8.42 Å². The third kappa shape index (κ3) is 2.57. The lowest BCUT2D eigenvalue weighted by atomic mass is 9.96. The molecule has 2 aromatic rings. The minimum Gasteiger partial charge on any atom is -0.326 e. The van der Waals surface area contributed by atoms with Crippen molar-refractivity contribution in [3.8, 4) is 0 Å². The fourth-order valence-electron chi connectivity index (χ4n) is 2.85. The lowest BCUT2D eigenvalue weighted by molar-refractivity contribution is 0.253. The van der Waals surface area contributed by atoms with Crippen LogP contribution in [0.15, 0.2) is 47.4 Å². The molecule has 1 aliphatic rings. The fraction of sp³-hybridized carbons (Fsp3) is 0.375. The van der Waals surface area contributed by atoms with Gasteiger partial charge in [0.15, 0.2) is 0 Å². The van der Waals surface area contributed by atoms with Crippen molar-refractivity contribution >= 4 is 20.8 Å². The van der Waals surface area contributed by atoms with E-state index < -0.39 is 10.0 Å². The molecule has 1 fully saturated rings. The van der Waals surface area contributed by atoms with Crippen LogP contribution in [-0.2, 0) is 10.0 Å². The summed E-state index contributed by atoms with van der Waals surface area (Å²) in [5.74, 6) is 0.365. The number of sulfonamides is 1. The molecule has 0 bridgehead atoms. The number of piperidine rings is 1. The summed E-state index contributed by atoms with van der Waals surface area (Å²) in [6.07, 6.45) is 0.811.